The average molecular weight is 331 g/mol. The lowest BCUT2D eigenvalue weighted by Crippen LogP contribution is -2.38. The van der Waals surface area contributed by atoms with Crippen LogP contribution in [-0.2, 0) is 5.67 Å². The summed E-state index contributed by atoms with van der Waals surface area (Å²) in [6.07, 6.45) is 2.90. The van der Waals surface area contributed by atoms with Crippen molar-refractivity contribution in [3.05, 3.63) is 35.1 Å². The zero-order valence-corrected chi connectivity index (χ0v) is 13.9. The number of benzene rings is 1. The minimum Gasteiger partial charge on any atom is -0.316 e. The number of hydrogen-bond donors (Lipinski definition) is 1. The van der Waals surface area contributed by atoms with Crippen LogP contribution in [0.3, 0.4) is 0 Å². The highest BCUT2D eigenvalue weighted by atomic mass is 35.5. The number of alkyl halides is 1. The molecule has 2 nitrogen and oxygen atoms in total. The number of hydrogen-bond acceptors (Lipinski definition) is 2. The van der Waals surface area contributed by atoms with Gasteiger partial charge in [0.05, 0.1) is 0 Å². The van der Waals surface area contributed by atoms with Crippen LogP contribution in [0.4, 0.5) is 8.78 Å². The highest BCUT2D eigenvalue weighted by Gasteiger charge is 2.40. The molecule has 2 aliphatic heterocycles. The van der Waals surface area contributed by atoms with Crippen molar-refractivity contribution in [3.63, 3.8) is 0 Å². The van der Waals surface area contributed by atoms with Crippen LogP contribution in [0.15, 0.2) is 18.2 Å². The second-order valence-corrected chi connectivity index (χ2v) is 6.68. The molecule has 1 aromatic rings. The van der Waals surface area contributed by atoms with Crippen molar-refractivity contribution < 1.29 is 8.78 Å². The van der Waals surface area contributed by atoms with Crippen LogP contribution in [0.1, 0.15) is 30.4 Å². The van der Waals surface area contributed by atoms with E-state index in [1.165, 1.54) is 25.0 Å². The maximum Gasteiger partial charge on any atom is 0.149 e. The van der Waals surface area contributed by atoms with Crippen molar-refractivity contribution in [1.29, 1.82) is 0 Å². The molecule has 0 saturated carbocycles. The fourth-order valence-electron chi connectivity index (χ4n) is 3.68. The average Bonchev–Trinajstić information content (AvgIpc) is 2.82. The Morgan fingerprint density at radius 1 is 1.36 bits per heavy atom. The molecule has 1 aromatic carbocycles. The standard InChI is InChI=1S/C17H24F2N2.ClH/c1-13-7-15(9-16(18)8-13)17(19)4-6-21(12-17)11-14-3-2-5-20-10-14;/h7-9,14,20H,2-6,10-12H2,1H3;1H. The van der Waals surface area contributed by atoms with E-state index in [4.69, 9.17) is 0 Å². The predicted molar refractivity (Wildman–Crippen MR) is 87.8 cm³/mol. The van der Waals surface area contributed by atoms with Gasteiger partial charge >= 0.3 is 0 Å². The SMILES string of the molecule is Cc1cc(F)cc(C2(F)CCN(CC3CCCNC3)C2)c1.Cl. The molecule has 2 unspecified atom stereocenters. The van der Waals surface area contributed by atoms with Gasteiger partial charge in [-0.15, -0.1) is 12.4 Å². The highest BCUT2D eigenvalue weighted by Crippen LogP contribution is 2.37. The highest BCUT2D eigenvalue weighted by molar-refractivity contribution is 5.85. The number of aryl methyl sites for hydroxylation is 1. The Morgan fingerprint density at radius 2 is 2.18 bits per heavy atom. The largest absolute Gasteiger partial charge is 0.316 e. The van der Waals surface area contributed by atoms with Crippen LogP contribution in [0.5, 0.6) is 0 Å². The number of piperidine rings is 1. The molecule has 2 fully saturated rings. The molecule has 1 N–H and O–H groups in total. The molecule has 0 aromatic heterocycles. The second-order valence-electron chi connectivity index (χ2n) is 6.68. The van der Waals surface area contributed by atoms with Crippen molar-refractivity contribution in [3.8, 4) is 0 Å². The number of halogens is 3. The molecule has 2 heterocycles. The Kier molecular flexibility index (Phi) is 5.81. The zero-order chi connectivity index (χ0) is 14.9. The molecule has 2 aliphatic rings. The maximum absolute atomic E-state index is 15.2. The Balaban J connectivity index is 0.00000176. The lowest BCUT2D eigenvalue weighted by atomic mass is 9.93. The van der Waals surface area contributed by atoms with Crippen LogP contribution < -0.4 is 5.32 Å². The molecule has 2 saturated heterocycles. The third kappa shape index (κ3) is 3.98. The van der Waals surface area contributed by atoms with Crippen molar-refractivity contribution in [2.75, 3.05) is 32.7 Å². The minimum atomic E-state index is -1.39. The Labute approximate surface area is 137 Å². The summed E-state index contributed by atoms with van der Waals surface area (Å²) in [6, 6.07) is 4.60. The lowest BCUT2D eigenvalue weighted by molar-refractivity contribution is 0.154. The predicted octanol–water partition coefficient (Wildman–Crippen LogP) is 3.43. The molecular weight excluding hydrogens is 306 g/mol. The Bertz CT molecular complexity index is 485. The summed E-state index contributed by atoms with van der Waals surface area (Å²) in [5.74, 6) is 0.285. The topological polar surface area (TPSA) is 15.3 Å². The van der Waals surface area contributed by atoms with Crippen LogP contribution in [-0.4, -0.2) is 37.6 Å². The first-order chi connectivity index (χ1) is 10.0. The third-order valence-electron chi connectivity index (χ3n) is 4.77. The van der Waals surface area contributed by atoms with E-state index >= 15 is 4.39 Å². The maximum atomic E-state index is 15.2. The molecule has 124 valence electrons. The molecule has 0 bridgehead atoms. The fourth-order valence-corrected chi connectivity index (χ4v) is 3.68. The van der Waals surface area contributed by atoms with E-state index < -0.39 is 5.67 Å². The smallest absolute Gasteiger partial charge is 0.149 e. The van der Waals surface area contributed by atoms with Crippen molar-refractivity contribution in [2.45, 2.75) is 31.9 Å². The van der Waals surface area contributed by atoms with E-state index in [0.29, 0.717) is 24.4 Å². The molecule has 3 rings (SSSR count). The summed E-state index contributed by atoms with van der Waals surface area (Å²) in [6.45, 7) is 6.07. The van der Waals surface area contributed by atoms with E-state index in [1.54, 1.807) is 6.07 Å². The van der Waals surface area contributed by atoms with Crippen molar-refractivity contribution >= 4 is 12.4 Å². The van der Waals surface area contributed by atoms with Gasteiger partial charge in [-0.2, -0.15) is 0 Å². The van der Waals surface area contributed by atoms with E-state index in [-0.39, 0.29) is 18.2 Å². The monoisotopic (exact) mass is 330 g/mol. The number of rotatable bonds is 3. The van der Waals surface area contributed by atoms with Crippen LogP contribution in [0, 0.1) is 18.7 Å². The van der Waals surface area contributed by atoms with Crippen molar-refractivity contribution in [2.24, 2.45) is 5.92 Å². The summed E-state index contributed by atoms with van der Waals surface area (Å²) >= 11 is 0. The van der Waals surface area contributed by atoms with Crippen molar-refractivity contribution in [1.82, 2.24) is 10.2 Å². The summed E-state index contributed by atoms with van der Waals surface area (Å²) < 4.78 is 28.7. The molecule has 2 atom stereocenters. The Hall–Kier alpha value is -0.710. The second kappa shape index (κ2) is 7.24. The number of nitrogens with zero attached hydrogens (tertiary/aromatic N) is 1. The van der Waals surface area contributed by atoms with E-state index in [9.17, 15) is 4.39 Å². The molecule has 0 radical (unpaired) electrons. The van der Waals surface area contributed by atoms with Gasteiger partial charge in [0.2, 0.25) is 0 Å². The van der Waals surface area contributed by atoms with E-state index in [0.717, 1.165) is 31.7 Å². The first kappa shape index (κ1) is 17.6. The van der Waals surface area contributed by atoms with Crippen LogP contribution >= 0.6 is 12.4 Å². The lowest BCUT2D eigenvalue weighted by Gasteiger charge is -2.28. The molecule has 5 heteroatoms. The number of likely N-dealkylation sites (tertiary alicyclic amines) is 1. The molecule has 0 amide bonds. The fraction of sp³-hybridized carbons (Fsp3) is 0.647. The van der Waals surface area contributed by atoms with Gasteiger partial charge in [-0.25, -0.2) is 8.78 Å². The first-order valence-electron chi connectivity index (χ1n) is 7.95. The molecule has 0 aliphatic carbocycles. The van der Waals surface area contributed by atoms with E-state index in [2.05, 4.69) is 10.2 Å². The molecular formula is C17H25ClF2N2. The van der Waals surface area contributed by atoms with Crippen LogP contribution in [0.2, 0.25) is 0 Å². The zero-order valence-electron chi connectivity index (χ0n) is 13.1. The van der Waals surface area contributed by atoms with Gasteiger partial charge in [0.1, 0.15) is 11.5 Å². The minimum absolute atomic E-state index is 0. The van der Waals surface area contributed by atoms with Gasteiger partial charge in [-0.3, -0.25) is 4.90 Å². The summed E-state index contributed by atoms with van der Waals surface area (Å²) in [7, 11) is 0. The van der Waals surface area contributed by atoms with E-state index in [1.807, 2.05) is 6.92 Å². The summed E-state index contributed by atoms with van der Waals surface area (Å²) in [4.78, 5) is 2.21. The Morgan fingerprint density at radius 3 is 2.86 bits per heavy atom. The van der Waals surface area contributed by atoms with Gasteiger partial charge < -0.3 is 5.32 Å². The van der Waals surface area contributed by atoms with Gasteiger partial charge in [0.25, 0.3) is 0 Å². The van der Waals surface area contributed by atoms with Crippen LogP contribution in [0.25, 0.3) is 0 Å². The normalized spacial score (nSPS) is 29.3. The first-order valence-corrected chi connectivity index (χ1v) is 7.95. The quantitative estimate of drug-likeness (QED) is 0.913. The summed E-state index contributed by atoms with van der Waals surface area (Å²) in [5.41, 5.74) is -0.101. The molecule has 0 spiro atoms. The molecule has 22 heavy (non-hydrogen) atoms. The van der Waals surface area contributed by atoms with Gasteiger partial charge in [0.15, 0.2) is 0 Å². The summed E-state index contributed by atoms with van der Waals surface area (Å²) in [5, 5.41) is 3.41. The number of nitrogens with one attached hydrogen (secondary N) is 1. The van der Waals surface area contributed by atoms with Gasteiger partial charge in [-0.05, 0) is 68.5 Å². The van der Waals surface area contributed by atoms with Gasteiger partial charge in [-0.1, -0.05) is 6.07 Å². The van der Waals surface area contributed by atoms with Gasteiger partial charge in [0, 0.05) is 19.6 Å². The third-order valence-corrected chi connectivity index (χ3v) is 4.77.